The molecule has 192 valence electrons. The predicted octanol–water partition coefficient (Wildman–Crippen LogP) is 3.89. The third-order valence-corrected chi connectivity index (χ3v) is 5.78. The molecule has 1 N–H and O–H groups in total. The van der Waals surface area contributed by atoms with E-state index in [2.05, 4.69) is 10.4 Å². The molecule has 3 rings (SSSR count). The molecule has 1 atom stereocenters. The van der Waals surface area contributed by atoms with Gasteiger partial charge in [-0.15, -0.1) is 0 Å². The lowest BCUT2D eigenvalue weighted by molar-refractivity contribution is -0.270. The molecule has 3 aromatic rings. The zero-order valence-corrected chi connectivity index (χ0v) is 20.5. The number of aromatic nitrogens is 2. The van der Waals surface area contributed by atoms with Gasteiger partial charge >= 0.3 is 6.18 Å². The Bertz CT molecular complexity index is 1220. The minimum Gasteiger partial charge on any atom is -0.530 e. The van der Waals surface area contributed by atoms with Gasteiger partial charge in [0.25, 0.3) is 5.91 Å². The first-order valence-electron chi connectivity index (χ1n) is 11.3. The van der Waals surface area contributed by atoms with E-state index in [1.165, 1.54) is 36.1 Å². The number of carbonyl (C=O) groups excluding carboxylic acids is 2. The highest BCUT2D eigenvalue weighted by molar-refractivity contribution is 5.95. The van der Waals surface area contributed by atoms with Crippen LogP contribution in [0.5, 0.6) is 0 Å². The maximum atomic E-state index is 13.9. The molecule has 0 spiro atoms. The molecule has 0 aliphatic carbocycles. The zero-order chi connectivity index (χ0) is 26.7. The normalized spacial score (nSPS) is 12.8. The van der Waals surface area contributed by atoms with Crippen molar-refractivity contribution in [1.29, 1.82) is 0 Å². The first-order valence-corrected chi connectivity index (χ1v) is 11.3. The van der Waals surface area contributed by atoms with Crippen LogP contribution >= 0.6 is 0 Å². The summed E-state index contributed by atoms with van der Waals surface area (Å²) in [5.41, 5.74) is -0.988. The number of hydrogen-bond donors (Lipinski definition) is 1. The number of hydrogen-bond acceptors (Lipinski definition) is 4. The van der Waals surface area contributed by atoms with Crippen LogP contribution in [-0.4, -0.2) is 44.8 Å². The minimum atomic E-state index is -4.71. The van der Waals surface area contributed by atoms with E-state index in [0.717, 1.165) is 16.5 Å². The average Bonchev–Trinajstić information content (AvgIpc) is 3.21. The molecule has 2 aromatic carbocycles. The lowest BCUT2D eigenvalue weighted by Crippen LogP contribution is -2.57. The second-order valence-electron chi connectivity index (χ2n) is 9.51. The maximum Gasteiger partial charge on any atom is 0.417 e. The number of nitrogens with zero attached hydrogens (tertiary/aromatic N) is 3. The molecule has 1 heterocycles. The quantitative estimate of drug-likeness (QED) is 0.532. The summed E-state index contributed by atoms with van der Waals surface area (Å²) in [6.07, 6.45) is -4.46. The molecular weight excluding hydrogens is 473 g/mol. The third kappa shape index (κ3) is 6.44. The van der Waals surface area contributed by atoms with Crippen molar-refractivity contribution >= 4 is 12.0 Å². The molecule has 1 aromatic heterocycles. The van der Waals surface area contributed by atoms with Gasteiger partial charge in [0.2, 0.25) is 0 Å². The highest BCUT2D eigenvalue weighted by Gasteiger charge is 2.35. The highest BCUT2D eigenvalue weighted by Crippen LogP contribution is 2.37. The monoisotopic (exact) mass is 501 g/mol. The van der Waals surface area contributed by atoms with E-state index in [-0.39, 0.29) is 29.8 Å². The van der Waals surface area contributed by atoms with E-state index in [4.69, 9.17) is 0 Å². The lowest BCUT2D eigenvalue weighted by Gasteiger charge is -2.40. The largest absolute Gasteiger partial charge is 0.530 e. The van der Waals surface area contributed by atoms with Crippen molar-refractivity contribution in [3.63, 3.8) is 0 Å². The minimum absolute atomic E-state index is 0.101. The van der Waals surface area contributed by atoms with Gasteiger partial charge in [-0.3, -0.25) is 9.48 Å². The number of halogens is 3. The number of benzene rings is 2. The van der Waals surface area contributed by atoms with Gasteiger partial charge in [0.05, 0.1) is 17.3 Å². The maximum absolute atomic E-state index is 13.9. The van der Waals surface area contributed by atoms with E-state index in [1.807, 2.05) is 18.2 Å². The van der Waals surface area contributed by atoms with Gasteiger partial charge in [-0.05, 0) is 51.0 Å². The van der Waals surface area contributed by atoms with Crippen LogP contribution in [0.25, 0.3) is 11.3 Å². The highest BCUT2D eigenvalue weighted by atomic mass is 19.4. The summed E-state index contributed by atoms with van der Waals surface area (Å²) in [6.45, 7) is 4.97. The molecule has 10 heteroatoms. The zero-order valence-electron chi connectivity index (χ0n) is 20.5. The molecule has 0 fully saturated rings. The summed E-state index contributed by atoms with van der Waals surface area (Å²) < 4.78 is 43.1. The topological polar surface area (TPSA) is 90.3 Å². The molecule has 0 radical (unpaired) electrons. The van der Waals surface area contributed by atoms with Gasteiger partial charge < -0.3 is 20.1 Å². The summed E-state index contributed by atoms with van der Waals surface area (Å²) >= 11 is 0. The third-order valence-electron chi connectivity index (χ3n) is 5.78. The van der Waals surface area contributed by atoms with Gasteiger partial charge in [0.1, 0.15) is 6.09 Å². The first-order chi connectivity index (χ1) is 16.8. The van der Waals surface area contributed by atoms with Crippen LogP contribution < -0.4 is 10.4 Å². The molecule has 36 heavy (non-hydrogen) atoms. The standard InChI is InChI=1S/C26H29F3N4O3/c1-25(2,3)33(24(35)36)16-19(14-17-8-6-5-7-9-17)31-23(34)18-10-11-20(21(15-18)26(27,28)29)22-12-13-30-32(22)4/h5-13,15,19H,14,16H2,1-4H3,(H,31,34)(H,35,36)/p-1. The van der Waals surface area contributed by atoms with Gasteiger partial charge in [0, 0.05) is 36.5 Å². The fourth-order valence-electron chi connectivity index (χ4n) is 3.95. The molecule has 0 bridgehead atoms. The number of aryl methyl sites for hydroxylation is 1. The van der Waals surface area contributed by atoms with Crippen molar-refractivity contribution in [2.24, 2.45) is 7.05 Å². The fourth-order valence-corrected chi connectivity index (χ4v) is 3.95. The lowest BCUT2D eigenvalue weighted by atomic mass is 9.99. The SMILES string of the molecule is Cn1nccc1-c1ccc(C(=O)NC(Cc2ccccc2)CN(C(=O)[O-])C(C)(C)C)cc1C(F)(F)F. The van der Waals surface area contributed by atoms with E-state index in [9.17, 15) is 27.9 Å². The van der Waals surface area contributed by atoms with Gasteiger partial charge in [-0.1, -0.05) is 36.4 Å². The van der Waals surface area contributed by atoms with Crippen LogP contribution in [0.3, 0.4) is 0 Å². The molecule has 0 aliphatic heterocycles. The Labute approximate surface area is 207 Å². The summed E-state index contributed by atoms with van der Waals surface area (Å²) in [5, 5.41) is 18.4. The Morgan fingerprint density at radius 2 is 1.75 bits per heavy atom. The summed E-state index contributed by atoms with van der Waals surface area (Å²) in [4.78, 5) is 26.0. The summed E-state index contributed by atoms with van der Waals surface area (Å²) in [5.74, 6) is -0.745. The van der Waals surface area contributed by atoms with E-state index < -0.39 is 35.3 Å². The van der Waals surface area contributed by atoms with Crippen LogP contribution in [-0.2, 0) is 19.6 Å². The smallest absolute Gasteiger partial charge is 0.417 e. The summed E-state index contributed by atoms with van der Waals surface area (Å²) in [6, 6.07) is 13.2. The number of nitrogens with one attached hydrogen (secondary N) is 1. The number of rotatable bonds is 7. The van der Waals surface area contributed by atoms with Crippen molar-refractivity contribution in [1.82, 2.24) is 20.0 Å². The Morgan fingerprint density at radius 3 is 2.28 bits per heavy atom. The van der Waals surface area contributed by atoms with Gasteiger partial charge in [-0.2, -0.15) is 18.3 Å². The summed E-state index contributed by atoms with van der Waals surface area (Å²) in [7, 11) is 1.53. The van der Waals surface area contributed by atoms with Crippen molar-refractivity contribution in [2.45, 2.75) is 44.9 Å². The van der Waals surface area contributed by atoms with Gasteiger partial charge in [0.15, 0.2) is 0 Å². The number of amides is 2. The van der Waals surface area contributed by atoms with Crippen LogP contribution in [0.4, 0.5) is 18.0 Å². The Kier molecular flexibility index (Phi) is 7.76. The Balaban J connectivity index is 1.94. The van der Waals surface area contributed by atoms with E-state index in [0.29, 0.717) is 0 Å². The van der Waals surface area contributed by atoms with Gasteiger partial charge in [-0.25, -0.2) is 0 Å². The first kappa shape index (κ1) is 26.8. The molecular formula is C26H28F3N4O3-. The van der Waals surface area contributed by atoms with Crippen LogP contribution in [0.15, 0.2) is 60.8 Å². The molecule has 0 saturated carbocycles. The molecule has 7 nitrogen and oxygen atoms in total. The molecule has 0 saturated heterocycles. The second-order valence-corrected chi connectivity index (χ2v) is 9.51. The molecule has 1 unspecified atom stereocenters. The molecule has 0 aliphatic rings. The number of carboxylic acid groups (broad SMARTS) is 1. The van der Waals surface area contributed by atoms with E-state index >= 15 is 0 Å². The average molecular weight is 502 g/mol. The van der Waals surface area contributed by atoms with Crippen LogP contribution in [0.2, 0.25) is 0 Å². The van der Waals surface area contributed by atoms with Crippen molar-refractivity contribution in [2.75, 3.05) is 6.54 Å². The fraction of sp³-hybridized carbons (Fsp3) is 0.346. The number of alkyl halides is 3. The van der Waals surface area contributed by atoms with E-state index in [1.54, 1.807) is 32.9 Å². The van der Waals surface area contributed by atoms with Crippen LogP contribution in [0.1, 0.15) is 42.3 Å². The Hall–Kier alpha value is -3.82. The second kappa shape index (κ2) is 10.4. The number of carbonyl (C=O) groups is 2. The van der Waals surface area contributed by atoms with Crippen molar-refractivity contribution in [3.8, 4) is 11.3 Å². The van der Waals surface area contributed by atoms with Crippen molar-refractivity contribution in [3.05, 3.63) is 77.5 Å². The predicted molar refractivity (Wildman–Crippen MR) is 127 cm³/mol. The van der Waals surface area contributed by atoms with Crippen LogP contribution in [0, 0.1) is 0 Å². The van der Waals surface area contributed by atoms with Crippen molar-refractivity contribution < 1.29 is 27.9 Å². The Morgan fingerprint density at radius 1 is 1.08 bits per heavy atom. The molecule has 2 amide bonds.